The first-order valence-corrected chi connectivity index (χ1v) is 9.46. The van der Waals surface area contributed by atoms with E-state index in [1.807, 2.05) is 0 Å². The zero-order valence-electron chi connectivity index (χ0n) is 16.9. The van der Waals surface area contributed by atoms with Gasteiger partial charge in [-0.3, -0.25) is 0 Å². The predicted molar refractivity (Wildman–Crippen MR) is 109 cm³/mol. The van der Waals surface area contributed by atoms with Crippen LogP contribution >= 0.6 is 0 Å². The maximum absolute atomic E-state index is 13.4. The largest absolute Gasteiger partial charge is 0.489 e. The van der Waals surface area contributed by atoms with E-state index >= 15 is 0 Å². The molecular formula is C23H17F4NO5. The number of oxime groups is 1. The van der Waals surface area contributed by atoms with Crippen LogP contribution in [0, 0.1) is 23.3 Å². The lowest BCUT2D eigenvalue weighted by molar-refractivity contribution is -0.142. The Hall–Kier alpha value is -4.08. The van der Waals surface area contributed by atoms with Gasteiger partial charge in [0, 0.05) is 5.56 Å². The van der Waals surface area contributed by atoms with Gasteiger partial charge in [-0.1, -0.05) is 17.3 Å². The van der Waals surface area contributed by atoms with Crippen molar-refractivity contribution in [3.05, 3.63) is 94.6 Å². The van der Waals surface area contributed by atoms with Crippen LogP contribution in [0.1, 0.15) is 16.7 Å². The smallest absolute Gasteiger partial charge is 0.344 e. The monoisotopic (exact) mass is 463 g/mol. The first kappa shape index (κ1) is 23.6. The van der Waals surface area contributed by atoms with E-state index in [1.54, 1.807) is 0 Å². The second kappa shape index (κ2) is 11.0. The van der Waals surface area contributed by atoms with E-state index in [9.17, 15) is 22.4 Å². The Morgan fingerprint density at radius 3 is 2.00 bits per heavy atom. The second-order valence-corrected chi connectivity index (χ2v) is 6.68. The topological polar surface area (TPSA) is 77.4 Å². The minimum atomic E-state index is -1.22. The number of hydrogen-bond acceptors (Lipinski definition) is 5. The van der Waals surface area contributed by atoms with Crippen molar-refractivity contribution in [3.63, 3.8) is 0 Å². The highest BCUT2D eigenvalue weighted by atomic mass is 19.2. The lowest BCUT2D eigenvalue weighted by atomic mass is 10.2. The van der Waals surface area contributed by atoms with Gasteiger partial charge in [-0.05, 0) is 53.6 Å². The van der Waals surface area contributed by atoms with Crippen molar-refractivity contribution >= 4 is 12.2 Å². The first-order valence-electron chi connectivity index (χ1n) is 9.46. The predicted octanol–water partition coefficient (Wildman–Crippen LogP) is 4.84. The molecule has 0 saturated heterocycles. The molecule has 0 radical (unpaired) electrons. The molecule has 0 unspecified atom stereocenters. The van der Waals surface area contributed by atoms with Gasteiger partial charge in [0.1, 0.15) is 24.7 Å². The number of halogens is 4. The van der Waals surface area contributed by atoms with Gasteiger partial charge in [0.2, 0.25) is 6.61 Å². The summed E-state index contributed by atoms with van der Waals surface area (Å²) in [5.74, 6) is -4.60. The average Bonchev–Trinajstić information content (AvgIpc) is 2.79. The molecule has 172 valence electrons. The normalized spacial score (nSPS) is 10.9. The molecule has 3 aromatic carbocycles. The van der Waals surface area contributed by atoms with Gasteiger partial charge in [0.05, 0.1) is 6.21 Å². The maximum atomic E-state index is 13.4. The lowest BCUT2D eigenvalue weighted by Gasteiger charge is -2.12. The molecule has 6 nitrogen and oxygen atoms in total. The highest BCUT2D eigenvalue weighted by Crippen LogP contribution is 2.25. The number of carbonyl (C=O) groups is 1. The number of hydrogen-bond donors (Lipinski definition) is 1. The summed E-state index contributed by atoms with van der Waals surface area (Å²) in [6.45, 7) is -0.810. The van der Waals surface area contributed by atoms with Crippen LogP contribution in [0.15, 0.2) is 59.8 Å². The molecule has 0 spiro atoms. The fourth-order valence-corrected chi connectivity index (χ4v) is 2.62. The third-order valence-corrected chi connectivity index (χ3v) is 4.20. The van der Waals surface area contributed by atoms with Crippen molar-refractivity contribution in [2.75, 3.05) is 6.61 Å². The number of rotatable bonds is 10. The van der Waals surface area contributed by atoms with Crippen molar-refractivity contribution < 1.29 is 41.8 Å². The standard InChI is InChI=1S/C23H17F4NO5/c24-18-4-1-14(7-20(18)26)11-31-17-3-6-22(16(9-17)10-28-33-13-23(29)30)32-12-15-2-5-19(25)21(27)8-15/h1-10H,11-13H2,(H,29,30)/b28-10+. The molecule has 3 aromatic rings. The van der Waals surface area contributed by atoms with Crippen LogP contribution in [0.4, 0.5) is 17.6 Å². The summed E-state index contributed by atoms with van der Waals surface area (Å²) in [5.41, 5.74) is 1.09. The van der Waals surface area contributed by atoms with Crippen molar-refractivity contribution in [2.45, 2.75) is 13.2 Å². The Labute approximate surface area is 185 Å². The van der Waals surface area contributed by atoms with E-state index in [0.29, 0.717) is 22.4 Å². The lowest BCUT2D eigenvalue weighted by Crippen LogP contribution is -2.04. The molecule has 0 fully saturated rings. The number of nitrogens with zero attached hydrogens (tertiary/aromatic N) is 1. The molecule has 0 aliphatic rings. The SMILES string of the molecule is O=C(O)CO/N=C/c1cc(OCc2ccc(F)c(F)c2)ccc1OCc1ccc(F)c(F)c1. The molecule has 10 heteroatoms. The summed E-state index contributed by atoms with van der Waals surface area (Å²) in [6.07, 6.45) is 1.19. The summed E-state index contributed by atoms with van der Waals surface area (Å²) in [7, 11) is 0. The molecule has 0 aliphatic carbocycles. The second-order valence-electron chi connectivity index (χ2n) is 6.68. The summed E-state index contributed by atoms with van der Waals surface area (Å²) < 4.78 is 64.1. The molecule has 0 amide bonds. The van der Waals surface area contributed by atoms with Crippen LogP contribution in [0.5, 0.6) is 11.5 Å². The molecule has 1 N–H and O–H groups in total. The highest BCUT2D eigenvalue weighted by molar-refractivity contribution is 5.84. The molecule has 0 heterocycles. The van der Waals surface area contributed by atoms with Gasteiger partial charge in [-0.25, -0.2) is 22.4 Å². The highest BCUT2D eigenvalue weighted by Gasteiger charge is 2.09. The van der Waals surface area contributed by atoms with Crippen LogP contribution in [-0.4, -0.2) is 23.9 Å². The zero-order chi connectivity index (χ0) is 23.8. The Morgan fingerprint density at radius 1 is 0.818 bits per heavy atom. The minimum Gasteiger partial charge on any atom is -0.489 e. The van der Waals surface area contributed by atoms with E-state index in [-0.39, 0.29) is 19.0 Å². The molecule has 0 saturated carbocycles. The fourth-order valence-electron chi connectivity index (χ4n) is 2.62. The Bertz CT molecular complexity index is 1170. The van der Waals surface area contributed by atoms with Gasteiger partial charge >= 0.3 is 5.97 Å². The molecule has 0 aromatic heterocycles. The van der Waals surface area contributed by atoms with E-state index in [0.717, 1.165) is 24.3 Å². The van der Waals surface area contributed by atoms with E-state index in [4.69, 9.17) is 14.6 Å². The van der Waals surface area contributed by atoms with Crippen molar-refractivity contribution in [1.29, 1.82) is 0 Å². The van der Waals surface area contributed by atoms with Crippen LogP contribution in [0.3, 0.4) is 0 Å². The average molecular weight is 463 g/mol. The van der Waals surface area contributed by atoms with Gasteiger partial charge in [-0.15, -0.1) is 0 Å². The number of aliphatic carboxylic acids is 1. The van der Waals surface area contributed by atoms with Crippen LogP contribution in [0.2, 0.25) is 0 Å². The molecule has 33 heavy (non-hydrogen) atoms. The van der Waals surface area contributed by atoms with Gasteiger partial charge in [-0.2, -0.15) is 0 Å². The Balaban J connectivity index is 1.75. The van der Waals surface area contributed by atoms with Crippen LogP contribution in [0.25, 0.3) is 0 Å². The quantitative estimate of drug-likeness (QED) is 0.265. The van der Waals surface area contributed by atoms with E-state index < -0.39 is 35.8 Å². The van der Waals surface area contributed by atoms with Gasteiger partial charge < -0.3 is 19.4 Å². The molecule has 0 atom stereocenters. The Morgan fingerprint density at radius 2 is 1.42 bits per heavy atom. The van der Waals surface area contributed by atoms with Gasteiger partial charge in [0.15, 0.2) is 23.3 Å². The van der Waals surface area contributed by atoms with Crippen molar-refractivity contribution in [3.8, 4) is 11.5 Å². The number of carboxylic acids is 1. The fraction of sp³-hybridized carbons (Fsp3) is 0.130. The summed E-state index contributed by atoms with van der Waals surface area (Å²) >= 11 is 0. The molecule has 0 bridgehead atoms. The van der Waals surface area contributed by atoms with Crippen molar-refractivity contribution in [1.82, 2.24) is 0 Å². The third kappa shape index (κ3) is 6.96. The zero-order valence-corrected chi connectivity index (χ0v) is 16.9. The van der Waals surface area contributed by atoms with Crippen LogP contribution < -0.4 is 9.47 Å². The molecule has 3 rings (SSSR count). The maximum Gasteiger partial charge on any atom is 0.344 e. The van der Waals surface area contributed by atoms with Crippen molar-refractivity contribution in [2.24, 2.45) is 5.16 Å². The van der Waals surface area contributed by atoms with E-state index in [2.05, 4.69) is 9.99 Å². The number of carboxylic acid groups (broad SMARTS) is 1. The molecule has 0 aliphatic heterocycles. The van der Waals surface area contributed by atoms with E-state index in [1.165, 1.54) is 36.5 Å². The van der Waals surface area contributed by atoms with Crippen LogP contribution in [-0.2, 0) is 22.8 Å². The number of benzene rings is 3. The number of ether oxygens (including phenoxy) is 2. The first-order chi connectivity index (χ1) is 15.8. The summed E-state index contributed by atoms with van der Waals surface area (Å²) in [5, 5.41) is 12.2. The van der Waals surface area contributed by atoms with Gasteiger partial charge in [0.25, 0.3) is 0 Å². The summed E-state index contributed by atoms with van der Waals surface area (Å²) in [4.78, 5) is 15.2. The Kier molecular flexibility index (Phi) is 7.85. The molecular weight excluding hydrogens is 446 g/mol. The summed E-state index contributed by atoms with van der Waals surface area (Å²) in [6, 6.07) is 11.3. The third-order valence-electron chi connectivity index (χ3n) is 4.20. The minimum absolute atomic E-state index is 0.0572.